The van der Waals surface area contributed by atoms with E-state index in [1.165, 1.54) is 29.5 Å². The molecule has 122 valence electrons. The molecule has 0 radical (unpaired) electrons. The molecular weight excluding hydrogens is 264 g/mol. The van der Waals surface area contributed by atoms with Crippen LogP contribution in [0.4, 0.5) is 0 Å². The lowest BCUT2D eigenvalue weighted by Crippen LogP contribution is -2.55. The van der Waals surface area contributed by atoms with Gasteiger partial charge in [0, 0.05) is 5.41 Å². The van der Waals surface area contributed by atoms with E-state index < -0.39 is 0 Å². The molecule has 1 aromatic rings. The zero-order valence-electron chi connectivity index (χ0n) is 15.8. The van der Waals surface area contributed by atoms with Gasteiger partial charge in [-0.2, -0.15) is 0 Å². The van der Waals surface area contributed by atoms with Gasteiger partial charge in [0.05, 0.1) is 0 Å². The molecule has 0 amide bonds. The van der Waals surface area contributed by atoms with Gasteiger partial charge in [0.15, 0.2) is 0 Å². The third kappa shape index (κ3) is 2.45. The van der Waals surface area contributed by atoms with E-state index in [-0.39, 0.29) is 16.2 Å². The van der Waals surface area contributed by atoms with E-state index in [2.05, 4.69) is 73.2 Å². The fourth-order valence-corrected chi connectivity index (χ4v) is 5.51. The molecule has 1 aliphatic carbocycles. The van der Waals surface area contributed by atoms with E-state index in [0.717, 1.165) is 12.8 Å². The molecule has 0 spiro atoms. The van der Waals surface area contributed by atoms with Crippen molar-refractivity contribution in [3.8, 4) is 0 Å². The maximum Gasteiger partial charge on any atom is 0.00613 e. The summed E-state index contributed by atoms with van der Waals surface area (Å²) in [5.41, 5.74) is 6.47. The van der Waals surface area contributed by atoms with Crippen LogP contribution in [0.5, 0.6) is 0 Å². The van der Waals surface area contributed by atoms with E-state index in [1.807, 2.05) is 0 Å². The summed E-state index contributed by atoms with van der Waals surface area (Å²) < 4.78 is 0. The minimum absolute atomic E-state index is 0.217. The molecule has 0 N–H and O–H groups in total. The summed E-state index contributed by atoms with van der Waals surface area (Å²) in [4.78, 5) is 0. The Morgan fingerprint density at radius 3 is 1.95 bits per heavy atom. The highest BCUT2D eigenvalue weighted by Gasteiger charge is 2.57. The largest absolute Gasteiger partial charge is 0.0998 e. The molecule has 0 aliphatic heterocycles. The number of rotatable bonds is 3. The summed E-state index contributed by atoms with van der Waals surface area (Å²) in [6.45, 7) is 21.0. The molecule has 0 atom stereocenters. The first-order valence-corrected chi connectivity index (χ1v) is 8.82. The van der Waals surface area contributed by atoms with Crippen LogP contribution in [0, 0.1) is 24.7 Å². The average Bonchev–Trinajstić information content (AvgIpc) is 2.36. The van der Waals surface area contributed by atoms with Gasteiger partial charge in [-0.3, -0.25) is 0 Å². The maximum absolute atomic E-state index is 4.36. The monoisotopic (exact) mass is 298 g/mol. The van der Waals surface area contributed by atoms with Gasteiger partial charge in [-0.25, -0.2) is 0 Å². The van der Waals surface area contributed by atoms with Gasteiger partial charge in [-0.05, 0) is 60.6 Å². The number of hydrogen-bond donors (Lipinski definition) is 0. The fourth-order valence-electron chi connectivity index (χ4n) is 5.51. The molecular formula is C22H34. The highest BCUT2D eigenvalue weighted by Crippen LogP contribution is 2.64. The fraction of sp³-hybridized carbons (Fsp3) is 0.636. The van der Waals surface area contributed by atoms with E-state index in [9.17, 15) is 0 Å². The molecule has 0 unspecified atom stereocenters. The summed E-state index contributed by atoms with van der Waals surface area (Å²) in [6.07, 6.45) is 4.77. The number of hydrogen-bond acceptors (Lipinski definition) is 0. The SMILES string of the molecule is C=C1CC(C)(C)C(CCC)(c2ccc(C)c(C)c2)C(C)(C)C1. The molecule has 1 saturated carbocycles. The Kier molecular flexibility index (Phi) is 4.37. The molecule has 22 heavy (non-hydrogen) atoms. The Labute approximate surface area is 138 Å². The van der Waals surface area contributed by atoms with Crippen LogP contribution in [0.15, 0.2) is 30.4 Å². The van der Waals surface area contributed by atoms with Crippen LogP contribution in [0.2, 0.25) is 0 Å². The van der Waals surface area contributed by atoms with Crippen LogP contribution in [0.25, 0.3) is 0 Å². The van der Waals surface area contributed by atoms with Gasteiger partial charge < -0.3 is 0 Å². The van der Waals surface area contributed by atoms with Crippen LogP contribution in [0.3, 0.4) is 0 Å². The highest BCUT2D eigenvalue weighted by atomic mass is 14.6. The van der Waals surface area contributed by atoms with Crippen molar-refractivity contribution >= 4 is 0 Å². The quantitative estimate of drug-likeness (QED) is 0.542. The topological polar surface area (TPSA) is 0 Å². The van der Waals surface area contributed by atoms with Crippen LogP contribution in [-0.2, 0) is 5.41 Å². The Morgan fingerprint density at radius 1 is 0.955 bits per heavy atom. The first kappa shape index (κ1) is 17.3. The van der Waals surface area contributed by atoms with Crippen molar-refractivity contribution in [3.05, 3.63) is 47.0 Å². The van der Waals surface area contributed by atoms with Gasteiger partial charge >= 0.3 is 0 Å². The second-order valence-electron chi connectivity index (χ2n) is 8.83. The Morgan fingerprint density at radius 2 is 1.50 bits per heavy atom. The highest BCUT2D eigenvalue weighted by molar-refractivity contribution is 5.40. The minimum atomic E-state index is 0.217. The molecule has 0 nitrogen and oxygen atoms in total. The van der Waals surface area contributed by atoms with Gasteiger partial charge in [0.1, 0.15) is 0 Å². The Hall–Kier alpha value is -1.04. The lowest BCUT2D eigenvalue weighted by atomic mass is 9.43. The molecule has 0 aromatic heterocycles. The van der Waals surface area contributed by atoms with Crippen molar-refractivity contribution in [1.82, 2.24) is 0 Å². The van der Waals surface area contributed by atoms with Gasteiger partial charge in [0.2, 0.25) is 0 Å². The first-order chi connectivity index (χ1) is 10.1. The number of allylic oxidation sites excluding steroid dienone is 1. The zero-order valence-corrected chi connectivity index (χ0v) is 15.8. The van der Waals surface area contributed by atoms with E-state index >= 15 is 0 Å². The summed E-state index contributed by atoms with van der Waals surface area (Å²) in [5.74, 6) is 0. The van der Waals surface area contributed by atoms with Gasteiger partial charge in [-0.15, -0.1) is 0 Å². The van der Waals surface area contributed by atoms with Gasteiger partial charge in [0.25, 0.3) is 0 Å². The van der Waals surface area contributed by atoms with Crippen molar-refractivity contribution < 1.29 is 0 Å². The molecule has 0 bridgehead atoms. The zero-order chi connectivity index (χ0) is 16.8. The molecule has 0 heteroatoms. The number of aryl methyl sites for hydroxylation is 2. The summed E-state index contributed by atoms with van der Waals surface area (Å²) >= 11 is 0. The lowest BCUT2D eigenvalue weighted by molar-refractivity contribution is -0.00894. The van der Waals surface area contributed by atoms with Gasteiger partial charge in [-0.1, -0.05) is 71.4 Å². The van der Waals surface area contributed by atoms with Crippen molar-refractivity contribution in [1.29, 1.82) is 0 Å². The van der Waals surface area contributed by atoms with Crippen LogP contribution < -0.4 is 0 Å². The van der Waals surface area contributed by atoms with E-state index in [4.69, 9.17) is 0 Å². The van der Waals surface area contributed by atoms with Crippen molar-refractivity contribution in [2.24, 2.45) is 10.8 Å². The smallest absolute Gasteiger partial charge is 0.00613 e. The lowest BCUT2D eigenvalue weighted by Gasteiger charge is -2.61. The third-order valence-electron chi connectivity index (χ3n) is 6.32. The Bertz CT molecular complexity index is 552. The first-order valence-electron chi connectivity index (χ1n) is 8.82. The van der Waals surface area contributed by atoms with Crippen molar-refractivity contribution in [2.45, 2.75) is 79.6 Å². The molecule has 1 aromatic carbocycles. The maximum atomic E-state index is 4.36. The van der Waals surface area contributed by atoms with Crippen molar-refractivity contribution in [3.63, 3.8) is 0 Å². The summed E-state index contributed by atoms with van der Waals surface area (Å²) in [5, 5.41) is 0. The molecule has 0 heterocycles. The standard InChI is InChI=1S/C22H34/c1-9-12-22(19-11-10-17(3)18(4)13-19)20(5,6)14-16(2)15-21(22,7)8/h10-11,13H,2,9,12,14-15H2,1,3-8H3. The molecule has 1 fully saturated rings. The van der Waals surface area contributed by atoms with Crippen LogP contribution in [-0.4, -0.2) is 0 Å². The number of benzene rings is 1. The second-order valence-corrected chi connectivity index (χ2v) is 8.83. The average molecular weight is 299 g/mol. The van der Waals surface area contributed by atoms with Crippen LogP contribution in [0.1, 0.15) is 77.0 Å². The van der Waals surface area contributed by atoms with Crippen LogP contribution >= 0.6 is 0 Å². The van der Waals surface area contributed by atoms with E-state index in [1.54, 1.807) is 5.56 Å². The Balaban J connectivity index is 2.72. The third-order valence-corrected chi connectivity index (χ3v) is 6.32. The van der Waals surface area contributed by atoms with Crippen molar-refractivity contribution in [2.75, 3.05) is 0 Å². The second kappa shape index (κ2) is 5.55. The molecule has 0 saturated heterocycles. The molecule has 1 aliphatic rings. The normalized spacial score (nSPS) is 22.6. The minimum Gasteiger partial charge on any atom is -0.0998 e. The summed E-state index contributed by atoms with van der Waals surface area (Å²) in [7, 11) is 0. The van der Waals surface area contributed by atoms with E-state index in [0.29, 0.717) is 0 Å². The predicted octanol–water partition coefficient (Wildman–Crippen LogP) is 6.74. The summed E-state index contributed by atoms with van der Waals surface area (Å²) in [6, 6.07) is 7.18. The predicted molar refractivity (Wildman–Crippen MR) is 98.4 cm³/mol. The molecule has 2 rings (SSSR count).